The molecule has 0 fully saturated rings. The number of anilines is 1. The third-order valence-corrected chi connectivity index (χ3v) is 4.81. The van der Waals surface area contributed by atoms with Crippen molar-refractivity contribution in [1.29, 1.82) is 0 Å². The predicted molar refractivity (Wildman–Crippen MR) is 83.2 cm³/mol. The summed E-state index contributed by atoms with van der Waals surface area (Å²) >= 11 is 11.6. The summed E-state index contributed by atoms with van der Waals surface area (Å²) in [7, 11) is -3.88. The van der Waals surface area contributed by atoms with Crippen LogP contribution in [0.5, 0.6) is 0 Å². The highest BCUT2D eigenvalue weighted by atomic mass is 35.5. The SMILES string of the molecule is Cc1cc(S(=O)(=O)Nc2ccc(C(=O)O)c(Cl)c2)cnc1Cl. The zero-order valence-corrected chi connectivity index (χ0v) is 13.5. The second-order valence-electron chi connectivity index (χ2n) is 4.38. The first kappa shape index (κ1) is 16.5. The van der Waals surface area contributed by atoms with Crippen molar-refractivity contribution in [3.05, 3.63) is 51.8 Å². The van der Waals surface area contributed by atoms with Gasteiger partial charge in [0.05, 0.1) is 16.3 Å². The Hall–Kier alpha value is -1.83. The van der Waals surface area contributed by atoms with Crippen molar-refractivity contribution in [3.8, 4) is 0 Å². The molecular weight excluding hydrogens is 351 g/mol. The number of pyridine rings is 1. The quantitative estimate of drug-likeness (QED) is 0.816. The second-order valence-corrected chi connectivity index (χ2v) is 6.83. The smallest absolute Gasteiger partial charge is 0.337 e. The maximum atomic E-state index is 12.2. The molecule has 0 radical (unpaired) electrons. The fraction of sp³-hybridized carbons (Fsp3) is 0.0769. The summed E-state index contributed by atoms with van der Waals surface area (Å²) in [6.45, 7) is 1.63. The predicted octanol–water partition coefficient (Wildman–Crippen LogP) is 3.20. The van der Waals surface area contributed by atoms with Gasteiger partial charge in [0, 0.05) is 6.20 Å². The number of sulfonamides is 1. The van der Waals surface area contributed by atoms with E-state index < -0.39 is 16.0 Å². The highest BCUT2D eigenvalue weighted by Gasteiger charge is 2.17. The fourth-order valence-electron chi connectivity index (χ4n) is 1.65. The number of carboxylic acids is 1. The van der Waals surface area contributed by atoms with Crippen LogP contribution in [0.15, 0.2) is 35.4 Å². The molecule has 0 saturated heterocycles. The van der Waals surface area contributed by atoms with Crippen molar-refractivity contribution < 1.29 is 18.3 Å². The third-order valence-electron chi connectivity index (χ3n) is 2.75. The average molecular weight is 361 g/mol. The van der Waals surface area contributed by atoms with Crippen molar-refractivity contribution in [2.75, 3.05) is 4.72 Å². The lowest BCUT2D eigenvalue weighted by Crippen LogP contribution is -2.14. The lowest BCUT2D eigenvalue weighted by Gasteiger charge is -2.10. The second kappa shape index (κ2) is 6.12. The summed E-state index contributed by atoms with van der Waals surface area (Å²) in [5, 5.41) is 9.02. The third kappa shape index (κ3) is 3.49. The molecule has 1 heterocycles. The van der Waals surface area contributed by atoms with Gasteiger partial charge >= 0.3 is 5.97 Å². The molecule has 0 aliphatic rings. The molecule has 1 aromatic carbocycles. The summed E-state index contributed by atoms with van der Waals surface area (Å²) in [4.78, 5) is 14.6. The maximum Gasteiger partial charge on any atom is 0.337 e. The Morgan fingerprint density at radius 1 is 1.27 bits per heavy atom. The molecule has 1 aromatic heterocycles. The normalized spacial score (nSPS) is 11.2. The van der Waals surface area contributed by atoms with Gasteiger partial charge in [-0.15, -0.1) is 0 Å². The van der Waals surface area contributed by atoms with Crippen LogP contribution in [-0.2, 0) is 10.0 Å². The van der Waals surface area contributed by atoms with E-state index in [0.717, 1.165) is 6.20 Å². The van der Waals surface area contributed by atoms with Gasteiger partial charge in [0.2, 0.25) is 0 Å². The monoisotopic (exact) mass is 360 g/mol. The van der Waals surface area contributed by atoms with Gasteiger partial charge in [0.1, 0.15) is 10.0 Å². The molecule has 0 unspecified atom stereocenters. The number of rotatable bonds is 4. The van der Waals surface area contributed by atoms with E-state index in [1.165, 1.54) is 24.3 Å². The molecule has 22 heavy (non-hydrogen) atoms. The Kier molecular flexibility index (Phi) is 4.60. The summed E-state index contributed by atoms with van der Waals surface area (Å²) in [5.41, 5.74) is 0.542. The number of nitrogens with zero attached hydrogens (tertiary/aromatic N) is 1. The summed E-state index contributed by atoms with van der Waals surface area (Å²) < 4.78 is 26.8. The number of carboxylic acid groups (broad SMARTS) is 1. The standard InChI is InChI=1S/C13H10Cl2N2O4S/c1-7-4-9(6-16-12(7)15)22(20,21)17-8-2-3-10(13(18)19)11(14)5-8/h2-6,17H,1H3,(H,18,19). The molecule has 116 valence electrons. The van der Waals surface area contributed by atoms with Crippen LogP contribution in [0.4, 0.5) is 5.69 Å². The van der Waals surface area contributed by atoms with Crippen molar-refractivity contribution >= 4 is 44.9 Å². The minimum Gasteiger partial charge on any atom is -0.478 e. The van der Waals surface area contributed by atoms with Crippen LogP contribution in [0.1, 0.15) is 15.9 Å². The molecule has 2 aromatic rings. The van der Waals surface area contributed by atoms with E-state index in [9.17, 15) is 13.2 Å². The minimum atomic E-state index is -3.88. The summed E-state index contributed by atoms with van der Waals surface area (Å²) in [6.07, 6.45) is 1.13. The van der Waals surface area contributed by atoms with E-state index in [1.807, 2.05) is 0 Å². The minimum absolute atomic E-state index is 0.0622. The first-order valence-electron chi connectivity index (χ1n) is 5.88. The Bertz CT molecular complexity index is 853. The highest BCUT2D eigenvalue weighted by Crippen LogP contribution is 2.24. The van der Waals surface area contributed by atoms with E-state index in [1.54, 1.807) is 6.92 Å². The molecule has 0 spiro atoms. The number of aromatic carboxylic acids is 1. The molecule has 6 nitrogen and oxygen atoms in total. The van der Waals surface area contributed by atoms with Crippen molar-refractivity contribution in [2.45, 2.75) is 11.8 Å². The van der Waals surface area contributed by atoms with Crippen molar-refractivity contribution in [1.82, 2.24) is 4.98 Å². The van der Waals surface area contributed by atoms with Gasteiger partial charge in [-0.2, -0.15) is 0 Å². The van der Waals surface area contributed by atoms with Crippen LogP contribution in [0, 0.1) is 6.92 Å². The largest absolute Gasteiger partial charge is 0.478 e. The van der Waals surface area contributed by atoms with E-state index in [-0.39, 0.29) is 26.3 Å². The molecule has 2 N–H and O–H groups in total. The zero-order chi connectivity index (χ0) is 16.5. The number of aryl methyl sites for hydroxylation is 1. The lowest BCUT2D eigenvalue weighted by atomic mass is 10.2. The fourth-order valence-corrected chi connectivity index (χ4v) is 3.09. The van der Waals surface area contributed by atoms with E-state index in [4.69, 9.17) is 28.3 Å². The van der Waals surface area contributed by atoms with E-state index in [2.05, 4.69) is 9.71 Å². The molecule has 9 heteroatoms. The number of carbonyl (C=O) groups is 1. The van der Waals surface area contributed by atoms with Gasteiger partial charge in [0.25, 0.3) is 10.0 Å². The van der Waals surface area contributed by atoms with Gasteiger partial charge in [-0.05, 0) is 36.8 Å². The van der Waals surface area contributed by atoms with Crippen LogP contribution < -0.4 is 4.72 Å². The van der Waals surface area contributed by atoms with Crippen LogP contribution in [0.2, 0.25) is 10.2 Å². The van der Waals surface area contributed by atoms with Crippen molar-refractivity contribution in [3.63, 3.8) is 0 Å². The Morgan fingerprint density at radius 2 is 1.95 bits per heavy atom. The highest BCUT2D eigenvalue weighted by molar-refractivity contribution is 7.92. The number of nitrogens with one attached hydrogen (secondary N) is 1. The molecule has 0 atom stereocenters. The van der Waals surface area contributed by atoms with E-state index in [0.29, 0.717) is 5.56 Å². The van der Waals surface area contributed by atoms with Crippen LogP contribution in [0.3, 0.4) is 0 Å². The Morgan fingerprint density at radius 3 is 2.50 bits per heavy atom. The topological polar surface area (TPSA) is 96.4 Å². The molecule has 2 rings (SSSR count). The lowest BCUT2D eigenvalue weighted by molar-refractivity contribution is 0.0697. The summed E-state index contributed by atoms with van der Waals surface area (Å²) in [5.74, 6) is -1.20. The molecule has 0 bridgehead atoms. The van der Waals surface area contributed by atoms with Gasteiger partial charge in [-0.3, -0.25) is 4.72 Å². The molecular formula is C13H10Cl2N2O4S. The number of aromatic nitrogens is 1. The van der Waals surface area contributed by atoms with Crippen LogP contribution >= 0.6 is 23.2 Å². The maximum absolute atomic E-state index is 12.2. The first-order chi connectivity index (χ1) is 10.2. The Labute approximate surface area is 136 Å². The number of hydrogen-bond donors (Lipinski definition) is 2. The average Bonchev–Trinajstić information content (AvgIpc) is 2.40. The van der Waals surface area contributed by atoms with Crippen LogP contribution in [-0.4, -0.2) is 24.5 Å². The van der Waals surface area contributed by atoms with E-state index >= 15 is 0 Å². The van der Waals surface area contributed by atoms with Gasteiger partial charge in [0.15, 0.2) is 0 Å². The van der Waals surface area contributed by atoms with Crippen molar-refractivity contribution in [2.24, 2.45) is 0 Å². The Balaban J connectivity index is 2.34. The van der Waals surface area contributed by atoms with Crippen LogP contribution in [0.25, 0.3) is 0 Å². The molecule has 0 amide bonds. The summed E-state index contributed by atoms with van der Waals surface area (Å²) in [6, 6.07) is 5.13. The first-order valence-corrected chi connectivity index (χ1v) is 8.12. The molecule has 0 saturated carbocycles. The van der Waals surface area contributed by atoms with Gasteiger partial charge in [-0.1, -0.05) is 23.2 Å². The zero-order valence-electron chi connectivity index (χ0n) is 11.2. The number of benzene rings is 1. The number of hydrogen-bond acceptors (Lipinski definition) is 4. The van der Waals surface area contributed by atoms with Gasteiger partial charge < -0.3 is 5.11 Å². The molecule has 0 aliphatic carbocycles. The molecule has 0 aliphatic heterocycles. The number of halogens is 2. The van der Waals surface area contributed by atoms with Gasteiger partial charge in [-0.25, -0.2) is 18.2 Å².